The van der Waals surface area contributed by atoms with Crippen LogP contribution in [0.25, 0.3) is 11.0 Å². The molecule has 178 valence electrons. The minimum Gasteiger partial charge on any atom is -0.464 e. The summed E-state index contributed by atoms with van der Waals surface area (Å²) in [4.78, 5) is 30.7. The van der Waals surface area contributed by atoms with Crippen LogP contribution in [0.1, 0.15) is 31.2 Å². The predicted molar refractivity (Wildman–Crippen MR) is 124 cm³/mol. The first-order valence-corrected chi connectivity index (χ1v) is 11.6. The Labute approximate surface area is 193 Å². The number of allylic oxidation sites excluding steroid dienone is 1. The molecular formula is C25H32N2O6. The molecule has 8 heteroatoms. The molecule has 33 heavy (non-hydrogen) atoms. The smallest absolute Gasteiger partial charge is 0.288 e. The second-order valence-electron chi connectivity index (χ2n) is 8.64. The number of para-hydroxylation sites is 1. The number of likely N-dealkylation sites (N-methyl/N-ethyl adjacent to an activating group) is 1. The molecule has 3 heterocycles. The van der Waals surface area contributed by atoms with Gasteiger partial charge in [-0.2, -0.15) is 0 Å². The van der Waals surface area contributed by atoms with E-state index in [1.54, 1.807) is 29.2 Å². The summed E-state index contributed by atoms with van der Waals surface area (Å²) in [7, 11) is 2.03. The Kier molecular flexibility index (Phi) is 7.47. The van der Waals surface area contributed by atoms with E-state index < -0.39 is 12.2 Å². The van der Waals surface area contributed by atoms with Crippen LogP contribution in [0.15, 0.2) is 51.6 Å². The van der Waals surface area contributed by atoms with E-state index in [0.29, 0.717) is 49.1 Å². The zero-order valence-corrected chi connectivity index (χ0v) is 19.2. The number of nitrogens with zero attached hydrogens (tertiary/aromatic N) is 2. The Morgan fingerprint density at radius 2 is 1.97 bits per heavy atom. The van der Waals surface area contributed by atoms with Crippen molar-refractivity contribution in [2.24, 2.45) is 5.92 Å². The van der Waals surface area contributed by atoms with Crippen molar-refractivity contribution in [1.29, 1.82) is 0 Å². The Balaban J connectivity index is 1.75. The van der Waals surface area contributed by atoms with E-state index in [2.05, 4.69) is 4.90 Å². The van der Waals surface area contributed by atoms with Gasteiger partial charge in [0.15, 0.2) is 11.2 Å². The topological polar surface area (TPSA) is 92.5 Å². The molecule has 4 rings (SSSR count). The molecule has 8 nitrogen and oxygen atoms in total. The van der Waals surface area contributed by atoms with Crippen LogP contribution in [0, 0.1) is 5.92 Å². The summed E-state index contributed by atoms with van der Waals surface area (Å²) in [5.41, 5.74) is 0.855. The third-order valence-corrected chi connectivity index (χ3v) is 6.48. The molecule has 0 aliphatic carbocycles. The highest BCUT2D eigenvalue weighted by Crippen LogP contribution is 2.39. The number of carbonyl (C=O) groups excluding carboxylic acids is 1. The Hall–Kier alpha value is -2.68. The van der Waals surface area contributed by atoms with Crippen LogP contribution < -0.4 is 5.43 Å². The lowest BCUT2D eigenvalue weighted by Crippen LogP contribution is -2.49. The highest BCUT2D eigenvalue weighted by atomic mass is 16.7. The summed E-state index contributed by atoms with van der Waals surface area (Å²) in [6, 6.07) is 7.13. The van der Waals surface area contributed by atoms with Crippen LogP contribution in [0.2, 0.25) is 0 Å². The minimum atomic E-state index is -0.700. The van der Waals surface area contributed by atoms with Gasteiger partial charge in [0.2, 0.25) is 6.29 Å². The van der Waals surface area contributed by atoms with Crippen LogP contribution in [0.3, 0.4) is 0 Å². The first-order valence-electron chi connectivity index (χ1n) is 11.6. The van der Waals surface area contributed by atoms with Crippen LogP contribution >= 0.6 is 0 Å². The summed E-state index contributed by atoms with van der Waals surface area (Å²) in [6.45, 7) is 5.11. The van der Waals surface area contributed by atoms with Crippen molar-refractivity contribution >= 4 is 16.9 Å². The van der Waals surface area contributed by atoms with E-state index in [4.69, 9.17) is 13.9 Å². The van der Waals surface area contributed by atoms with Crippen molar-refractivity contribution in [3.63, 3.8) is 0 Å². The van der Waals surface area contributed by atoms with Gasteiger partial charge in [0.05, 0.1) is 11.6 Å². The maximum Gasteiger partial charge on any atom is 0.288 e. The zero-order valence-electron chi connectivity index (χ0n) is 19.2. The van der Waals surface area contributed by atoms with Gasteiger partial charge in [-0.25, -0.2) is 0 Å². The molecule has 1 N–H and O–H groups in total. The fraction of sp³-hybridized carbons (Fsp3) is 0.520. The van der Waals surface area contributed by atoms with Gasteiger partial charge in [-0.1, -0.05) is 12.1 Å². The molecule has 0 radical (unpaired) electrons. The molecule has 2 aromatic rings. The van der Waals surface area contributed by atoms with Gasteiger partial charge in [-0.05, 0) is 45.0 Å². The van der Waals surface area contributed by atoms with Gasteiger partial charge in [-0.15, -0.1) is 0 Å². The summed E-state index contributed by atoms with van der Waals surface area (Å²) < 4.78 is 17.8. The second kappa shape index (κ2) is 10.5. The summed E-state index contributed by atoms with van der Waals surface area (Å²) in [6.07, 6.45) is 3.64. The van der Waals surface area contributed by atoms with E-state index in [1.807, 2.05) is 20.0 Å². The van der Waals surface area contributed by atoms with E-state index in [0.717, 1.165) is 13.1 Å². The molecule has 1 aromatic heterocycles. The first kappa shape index (κ1) is 23.5. The lowest BCUT2D eigenvalue weighted by Gasteiger charge is -2.39. The third-order valence-electron chi connectivity index (χ3n) is 6.48. The first-order chi connectivity index (χ1) is 16.0. The molecule has 1 saturated heterocycles. The van der Waals surface area contributed by atoms with Crippen LogP contribution in [-0.4, -0.2) is 73.5 Å². The average molecular weight is 457 g/mol. The van der Waals surface area contributed by atoms with Gasteiger partial charge in [0, 0.05) is 56.8 Å². The number of fused-ring (bicyclic) bond motifs is 1. The maximum atomic E-state index is 13.4. The number of benzene rings is 1. The molecule has 0 spiro atoms. The fourth-order valence-corrected chi connectivity index (χ4v) is 4.60. The molecule has 0 unspecified atom stereocenters. The monoisotopic (exact) mass is 456 g/mol. The van der Waals surface area contributed by atoms with Crippen molar-refractivity contribution in [2.45, 2.75) is 32.0 Å². The fourth-order valence-electron chi connectivity index (χ4n) is 4.60. The van der Waals surface area contributed by atoms with Crippen LogP contribution in [0.5, 0.6) is 0 Å². The van der Waals surface area contributed by atoms with Gasteiger partial charge < -0.3 is 28.8 Å². The SMILES string of the molecule is CCO[C@@H]1OC(C(=O)N2CCN(C)CC2)=C[C@H](c2coc3ccccc3c2=O)[C@@H]1CCCO. The number of aliphatic hydroxyl groups is 1. The van der Waals surface area contributed by atoms with Gasteiger partial charge >= 0.3 is 0 Å². The van der Waals surface area contributed by atoms with E-state index in [9.17, 15) is 14.7 Å². The lowest BCUT2D eigenvalue weighted by atomic mass is 9.81. The van der Waals surface area contributed by atoms with Crippen molar-refractivity contribution in [3.8, 4) is 0 Å². The Morgan fingerprint density at radius 3 is 2.70 bits per heavy atom. The number of hydrogen-bond donors (Lipinski definition) is 1. The minimum absolute atomic E-state index is 0.0190. The molecule has 0 bridgehead atoms. The van der Waals surface area contributed by atoms with Crippen molar-refractivity contribution < 1.29 is 23.8 Å². The third kappa shape index (κ3) is 4.98. The largest absolute Gasteiger partial charge is 0.464 e. The van der Waals surface area contributed by atoms with E-state index in [1.165, 1.54) is 6.26 Å². The highest BCUT2D eigenvalue weighted by Gasteiger charge is 2.40. The molecular weight excluding hydrogens is 424 g/mol. The molecule has 0 saturated carbocycles. The molecule has 3 atom stereocenters. The van der Waals surface area contributed by atoms with Crippen LogP contribution in [-0.2, 0) is 14.3 Å². The maximum absolute atomic E-state index is 13.4. The standard InChI is InChI=1S/C25H32N2O6/c1-3-31-25-17(8-6-14-28)19(20-16-32-21-9-5-4-7-18(21)23(20)29)15-22(33-25)24(30)27-12-10-26(2)11-13-27/h4-5,7,9,15-17,19,25,28H,3,6,8,10-14H2,1-2H3/t17-,19-,25+/m0/s1. The summed E-state index contributed by atoms with van der Waals surface area (Å²) in [5, 5.41) is 9.95. The van der Waals surface area contributed by atoms with E-state index >= 15 is 0 Å². The number of amides is 1. The number of aliphatic hydroxyl groups excluding tert-OH is 1. The van der Waals surface area contributed by atoms with Gasteiger partial charge in [0.25, 0.3) is 5.91 Å². The quantitative estimate of drug-likeness (QED) is 0.684. The van der Waals surface area contributed by atoms with Crippen LogP contribution in [0.4, 0.5) is 0 Å². The molecule has 1 fully saturated rings. The molecule has 2 aliphatic heterocycles. The molecule has 1 aromatic carbocycles. The van der Waals surface area contributed by atoms with Gasteiger partial charge in [0.1, 0.15) is 5.58 Å². The second-order valence-corrected chi connectivity index (χ2v) is 8.64. The molecule has 1 amide bonds. The number of carbonyl (C=O) groups is 1. The summed E-state index contributed by atoms with van der Waals surface area (Å²) in [5.74, 6) is -0.668. The number of piperazine rings is 1. The normalized spacial score (nSPS) is 23.9. The molecule has 2 aliphatic rings. The Bertz CT molecular complexity index is 1060. The van der Waals surface area contributed by atoms with Crippen molar-refractivity contribution in [2.75, 3.05) is 46.4 Å². The van der Waals surface area contributed by atoms with Crippen molar-refractivity contribution in [1.82, 2.24) is 9.80 Å². The lowest BCUT2D eigenvalue weighted by molar-refractivity contribution is -0.171. The zero-order chi connectivity index (χ0) is 23.4. The number of ether oxygens (including phenoxy) is 2. The van der Waals surface area contributed by atoms with Crippen molar-refractivity contribution in [3.05, 3.63) is 58.2 Å². The predicted octanol–water partition coefficient (Wildman–Crippen LogP) is 2.32. The Morgan fingerprint density at radius 1 is 1.21 bits per heavy atom. The highest BCUT2D eigenvalue weighted by molar-refractivity contribution is 5.92. The number of hydrogen-bond acceptors (Lipinski definition) is 7. The summed E-state index contributed by atoms with van der Waals surface area (Å²) >= 11 is 0. The van der Waals surface area contributed by atoms with E-state index in [-0.39, 0.29) is 29.6 Å². The van der Waals surface area contributed by atoms with Gasteiger partial charge in [-0.3, -0.25) is 9.59 Å². The number of rotatable bonds is 7. The average Bonchev–Trinajstić information content (AvgIpc) is 2.83.